The van der Waals surface area contributed by atoms with Gasteiger partial charge in [0.25, 0.3) is 5.69 Å². The minimum Gasteiger partial charge on any atom is -0.454 e. The number of rotatable bonds is 5. The Labute approximate surface area is 156 Å². The molecule has 27 heavy (non-hydrogen) atoms. The molecule has 0 unspecified atom stereocenters. The molecule has 9 heteroatoms. The lowest BCUT2D eigenvalue weighted by Crippen LogP contribution is -2.07. The maximum absolute atomic E-state index is 12.2. The molecule has 134 valence electrons. The Bertz CT molecular complexity index is 1120. The summed E-state index contributed by atoms with van der Waals surface area (Å²) < 4.78 is 7.70. The fourth-order valence-electron chi connectivity index (χ4n) is 2.51. The van der Waals surface area contributed by atoms with E-state index >= 15 is 0 Å². The molecule has 4 aromatic rings. The van der Waals surface area contributed by atoms with Crippen LogP contribution in [-0.4, -0.2) is 25.7 Å². The van der Waals surface area contributed by atoms with Gasteiger partial charge < -0.3 is 4.74 Å². The molecule has 0 amide bonds. The molecule has 0 aliphatic rings. The summed E-state index contributed by atoms with van der Waals surface area (Å²) in [4.78, 5) is 27.0. The average molecular weight is 380 g/mol. The van der Waals surface area contributed by atoms with Gasteiger partial charge in [0.15, 0.2) is 5.69 Å². The number of fused-ring (bicyclic) bond motifs is 1. The number of benzene rings is 2. The van der Waals surface area contributed by atoms with Gasteiger partial charge in [0.2, 0.25) is 0 Å². The second kappa shape index (κ2) is 6.96. The van der Waals surface area contributed by atoms with Gasteiger partial charge in [0.1, 0.15) is 11.6 Å². The van der Waals surface area contributed by atoms with E-state index in [-0.39, 0.29) is 18.0 Å². The summed E-state index contributed by atoms with van der Waals surface area (Å²) >= 11 is 1.46. The molecule has 0 fully saturated rings. The zero-order valence-corrected chi connectivity index (χ0v) is 14.6. The molecule has 8 nitrogen and oxygen atoms in total. The van der Waals surface area contributed by atoms with Gasteiger partial charge in [0.05, 0.1) is 20.8 Å². The van der Waals surface area contributed by atoms with Crippen molar-refractivity contribution < 1.29 is 14.5 Å². The van der Waals surface area contributed by atoms with Crippen LogP contribution in [-0.2, 0) is 11.3 Å². The number of ether oxygens (including phenoxy) is 1. The topological polar surface area (TPSA) is 100 Å². The maximum Gasteiger partial charge on any atom is 0.359 e. The SMILES string of the molecule is O=C(OCc1nc2ccccc2s1)c1ccn(-c2cccc([N+](=O)[O-])c2)n1. The first-order valence-corrected chi connectivity index (χ1v) is 8.74. The normalized spacial score (nSPS) is 10.8. The van der Waals surface area contributed by atoms with E-state index in [1.54, 1.807) is 18.3 Å². The van der Waals surface area contributed by atoms with E-state index in [2.05, 4.69) is 10.1 Å². The number of nitro groups is 1. The van der Waals surface area contributed by atoms with Crippen molar-refractivity contribution in [2.45, 2.75) is 6.61 Å². The van der Waals surface area contributed by atoms with E-state index in [0.717, 1.165) is 10.2 Å². The summed E-state index contributed by atoms with van der Waals surface area (Å²) in [5.74, 6) is -0.585. The van der Waals surface area contributed by atoms with Crippen LogP contribution in [0.5, 0.6) is 0 Å². The van der Waals surface area contributed by atoms with Crippen molar-refractivity contribution >= 4 is 33.2 Å². The molecule has 0 saturated heterocycles. The third-order valence-electron chi connectivity index (χ3n) is 3.77. The number of carbonyl (C=O) groups is 1. The van der Waals surface area contributed by atoms with E-state index in [0.29, 0.717) is 10.7 Å². The van der Waals surface area contributed by atoms with Crippen LogP contribution in [0.2, 0.25) is 0 Å². The standard InChI is InChI=1S/C18H12N4O4S/c23-18(26-11-17-19-14-6-1-2-7-16(14)27-17)15-8-9-21(20-15)12-4-3-5-13(10-12)22(24)25/h1-10H,11H2. The van der Waals surface area contributed by atoms with Crippen molar-refractivity contribution in [3.8, 4) is 5.69 Å². The van der Waals surface area contributed by atoms with Crippen molar-refractivity contribution in [2.75, 3.05) is 0 Å². The molecule has 2 aromatic carbocycles. The molecule has 0 bridgehead atoms. The number of hydrogen-bond acceptors (Lipinski definition) is 7. The molecule has 4 rings (SSSR count). The van der Waals surface area contributed by atoms with Crippen LogP contribution >= 0.6 is 11.3 Å². The lowest BCUT2D eigenvalue weighted by atomic mass is 10.3. The number of carbonyl (C=O) groups excluding carboxylic acids is 1. The van der Waals surface area contributed by atoms with Crippen LogP contribution in [0.4, 0.5) is 5.69 Å². The monoisotopic (exact) mass is 380 g/mol. The molecule has 2 aromatic heterocycles. The summed E-state index contributed by atoms with van der Waals surface area (Å²) in [6.07, 6.45) is 1.55. The highest BCUT2D eigenvalue weighted by Crippen LogP contribution is 2.22. The maximum atomic E-state index is 12.2. The minimum absolute atomic E-state index is 0.0528. The van der Waals surface area contributed by atoms with Gasteiger partial charge in [-0.2, -0.15) is 5.10 Å². The fourth-order valence-corrected chi connectivity index (χ4v) is 3.39. The Balaban J connectivity index is 1.47. The second-order valence-electron chi connectivity index (χ2n) is 5.57. The molecule has 0 saturated carbocycles. The predicted octanol–water partition coefficient (Wildman–Crippen LogP) is 3.75. The highest BCUT2D eigenvalue weighted by atomic mass is 32.1. The van der Waals surface area contributed by atoms with Gasteiger partial charge in [-0.3, -0.25) is 10.1 Å². The first kappa shape index (κ1) is 16.9. The fraction of sp³-hybridized carbons (Fsp3) is 0.0556. The number of esters is 1. The van der Waals surface area contributed by atoms with Crippen molar-refractivity contribution in [3.63, 3.8) is 0 Å². The molecule has 0 N–H and O–H groups in total. The molecule has 0 radical (unpaired) electrons. The smallest absolute Gasteiger partial charge is 0.359 e. The van der Waals surface area contributed by atoms with Crippen LogP contribution in [0.15, 0.2) is 60.8 Å². The number of aromatic nitrogens is 3. The third-order valence-corrected chi connectivity index (χ3v) is 4.78. The van der Waals surface area contributed by atoms with E-state index < -0.39 is 10.9 Å². The number of nitro benzene ring substituents is 1. The van der Waals surface area contributed by atoms with E-state index in [9.17, 15) is 14.9 Å². The first-order chi connectivity index (χ1) is 13.1. The number of para-hydroxylation sites is 1. The molecular weight excluding hydrogens is 368 g/mol. The highest BCUT2D eigenvalue weighted by molar-refractivity contribution is 7.18. The predicted molar refractivity (Wildman–Crippen MR) is 99.0 cm³/mol. The zero-order valence-electron chi connectivity index (χ0n) is 13.8. The van der Waals surface area contributed by atoms with Crippen LogP contribution in [0.25, 0.3) is 15.9 Å². The number of nitrogens with zero attached hydrogens (tertiary/aromatic N) is 4. The van der Waals surface area contributed by atoms with Crippen LogP contribution in [0.3, 0.4) is 0 Å². The zero-order chi connectivity index (χ0) is 18.8. The highest BCUT2D eigenvalue weighted by Gasteiger charge is 2.14. The molecular formula is C18H12N4O4S. The Morgan fingerprint density at radius 3 is 2.85 bits per heavy atom. The quantitative estimate of drug-likeness (QED) is 0.297. The molecule has 0 atom stereocenters. The van der Waals surface area contributed by atoms with Crippen LogP contribution < -0.4 is 0 Å². The number of thiazole rings is 1. The average Bonchev–Trinajstić information content (AvgIpc) is 3.33. The van der Waals surface area contributed by atoms with Crippen LogP contribution in [0.1, 0.15) is 15.5 Å². The van der Waals surface area contributed by atoms with Gasteiger partial charge in [-0.15, -0.1) is 11.3 Å². The van der Waals surface area contributed by atoms with Gasteiger partial charge >= 0.3 is 5.97 Å². The number of non-ortho nitro benzene ring substituents is 1. The van der Waals surface area contributed by atoms with E-state index in [4.69, 9.17) is 4.74 Å². The molecule has 2 heterocycles. The largest absolute Gasteiger partial charge is 0.454 e. The summed E-state index contributed by atoms with van der Waals surface area (Å²) in [5, 5.41) is 15.7. The Kier molecular flexibility index (Phi) is 4.35. The summed E-state index contributed by atoms with van der Waals surface area (Å²) in [5.41, 5.74) is 1.41. The summed E-state index contributed by atoms with van der Waals surface area (Å²) in [7, 11) is 0. The molecule has 0 aliphatic carbocycles. The second-order valence-corrected chi connectivity index (χ2v) is 6.69. The first-order valence-electron chi connectivity index (χ1n) is 7.92. The van der Waals surface area contributed by atoms with Gasteiger partial charge in [-0.25, -0.2) is 14.5 Å². The van der Waals surface area contributed by atoms with Gasteiger partial charge in [-0.1, -0.05) is 18.2 Å². The van der Waals surface area contributed by atoms with E-state index in [1.165, 1.54) is 34.2 Å². The van der Waals surface area contributed by atoms with Crippen molar-refractivity contribution in [2.24, 2.45) is 0 Å². The van der Waals surface area contributed by atoms with Crippen LogP contribution in [0, 0.1) is 10.1 Å². The minimum atomic E-state index is -0.585. The third kappa shape index (κ3) is 3.53. The summed E-state index contributed by atoms with van der Waals surface area (Å²) in [6, 6.07) is 15.2. The Morgan fingerprint density at radius 1 is 1.19 bits per heavy atom. The lowest BCUT2D eigenvalue weighted by Gasteiger charge is -2.01. The van der Waals surface area contributed by atoms with Crippen molar-refractivity contribution in [1.29, 1.82) is 0 Å². The lowest BCUT2D eigenvalue weighted by molar-refractivity contribution is -0.384. The van der Waals surface area contributed by atoms with Crippen molar-refractivity contribution in [3.05, 3.63) is 81.6 Å². The summed E-state index contributed by atoms with van der Waals surface area (Å²) in [6.45, 7) is 0.0574. The molecule has 0 aliphatic heterocycles. The molecule has 0 spiro atoms. The van der Waals surface area contributed by atoms with Gasteiger partial charge in [-0.05, 0) is 24.3 Å². The van der Waals surface area contributed by atoms with Crippen molar-refractivity contribution in [1.82, 2.24) is 14.8 Å². The Morgan fingerprint density at radius 2 is 2.04 bits per heavy atom. The number of hydrogen-bond donors (Lipinski definition) is 0. The Hall–Kier alpha value is -3.59. The van der Waals surface area contributed by atoms with E-state index in [1.807, 2.05) is 24.3 Å². The van der Waals surface area contributed by atoms with Gasteiger partial charge in [0, 0.05) is 18.3 Å².